The van der Waals surface area contributed by atoms with Gasteiger partial charge in [-0.25, -0.2) is 0 Å². The fraction of sp³-hybridized carbons (Fsp3) is 0.500. The predicted octanol–water partition coefficient (Wildman–Crippen LogP) is 2.16. The number of nitrogens with one attached hydrogen (secondary N) is 1. The number of hydrogen-bond acceptors (Lipinski definition) is 5. The summed E-state index contributed by atoms with van der Waals surface area (Å²) in [5.41, 5.74) is 3.68. The number of nitrogens with zero attached hydrogens (tertiary/aromatic N) is 2. The standard InChI is InChI=1S/C16H21N3O2/c1-11-4-5-13(6-12(11)2)7-14-18-15(21-19-14)8-20-16(3)9-17-10-16/h4-6,17H,7-10H2,1-3H3. The van der Waals surface area contributed by atoms with Crippen LogP contribution in [0.5, 0.6) is 0 Å². The molecule has 0 saturated carbocycles. The van der Waals surface area contributed by atoms with Gasteiger partial charge in [0, 0.05) is 19.5 Å². The van der Waals surface area contributed by atoms with E-state index in [0.717, 1.165) is 13.1 Å². The molecule has 112 valence electrons. The molecule has 1 fully saturated rings. The molecule has 1 saturated heterocycles. The van der Waals surface area contributed by atoms with Gasteiger partial charge in [-0.2, -0.15) is 4.98 Å². The highest BCUT2D eigenvalue weighted by Crippen LogP contribution is 2.18. The van der Waals surface area contributed by atoms with Crippen LogP contribution >= 0.6 is 0 Å². The Morgan fingerprint density at radius 2 is 2.10 bits per heavy atom. The van der Waals surface area contributed by atoms with Crippen molar-refractivity contribution in [2.45, 2.75) is 39.4 Å². The Morgan fingerprint density at radius 3 is 2.76 bits per heavy atom. The van der Waals surface area contributed by atoms with Crippen LogP contribution in [0, 0.1) is 13.8 Å². The summed E-state index contributed by atoms with van der Waals surface area (Å²) in [6.07, 6.45) is 0.684. The van der Waals surface area contributed by atoms with Gasteiger partial charge in [-0.1, -0.05) is 23.4 Å². The lowest BCUT2D eigenvalue weighted by molar-refractivity contribution is -0.0841. The Labute approximate surface area is 124 Å². The molecule has 0 unspecified atom stereocenters. The number of hydrogen-bond donors (Lipinski definition) is 1. The Kier molecular flexibility index (Phi) is 3.78. The molecule has 0 atom stereocenters. The summed E-state index contributed by atoms with van der Waals surface area (Å²) in [5.74, 6) is 1.25. The zero-order valence-electron chi connectivity index (χ0n) is 12.8. The number of ether oxygens (including phenoxy) is 1. The molecule has 3 rings (SSSR count). The van der Waals surface area contributed by atoms with Gasteiger partial charge in [0.1, 0.15) is 6.61 Å². The van der Waals surface area contributed by atoms with Crippen LogP contribution in [0.15, 0.2) is 22.7 Å². The second kappa shape index (κ2) is 5.58. The summed E-state index contributed by atoms with van der Waals surface area (Å²) >= 11 is 0. The maximum absolute atomic E-state index is 5.79. The minimum Gasteiger partial charge on any atom is -0.363 e. The van der Waals surface area contributed by atoms with E-state index in [1.54, 1.807) is 0 Å². The van der Waals surface area contributed by atoms with Gasteiger partial charge in [-0.05, 0) is 37.5 Å². The van der Waals surface area contributed by atoms with Gasteiger partial charge in [0.15, 0.2) is 5.82 Å². The summed E-state index contributed by atoms with van der Waals surface area (Å²) in [7, 11) is 0. The largest absolute Gasteiger partial charge is 0.363 e. The molecule has 5 heteroatoms. The lowest BCUT2D eigenvalue weighted by Gasteiger charge is -2.38. The highest BCUT2D eigenvalue weighted by Gasteiger charge is 2.32. The van der Waals surface area contributed by atoms with Crippen LogP contribution in [0.1, 0.15) is 35.3 Å². The zero-order chi connectivity index (χ0) is 14.9. The van der Waals surface area contributed by atoms with Crippen molar-refractivity contribution in [3.63, 3.8) is 0 Å². The molecule has 2 heterocycles. The fourth-order valence-corrected chi connectivity index (χ4v) is 2.33. The maximum atomic E-state index is 5.79. The van der Waals surface area contributed by atoms with E-state index in [4.69, 9.17) is 9.26 Å². The van der Waals surface area contributed by atoms with Gasteiger partial charge in [-0.3, -0.25) is 0 Å². The van der Waals surface area contributed by atoms with Crippen LogP contribution < -0.4 is 5.32 Å². The molecule has 0 aliphatic carbocycles. The van der Waals surface area contributed by atoms with Crippen LogP contribution in [0.4, 0.5) is 0 Å². The van der Waals surface area contributed by atoms with E-state index in [9.17, 15) is 0 Å². The summed E-state index contributed by atoms with van der Waals surface area (Å²) in [5, 5.41) is 7.22. The van der Waals surface area contributed by atoms with E-state index < -0.39 is 0 Å². The maximum Gasteiger partial charge on any atom is 0.252 e. The molecule has 1 N–H and O–H groups in total. The van der Waals surface area contributed by atoms with Crippen LogP contribution in [0.2, 0.25) is 0 Å². The van der Waals surface area contributed by atoms with E-state index in [1.807, 2.05) is 0 Å². The quantitative estimate of drug-likeness (QED) is 0.913. The highest BCUT2D eigenvalue weighted by molar-refractivity contribution is 5.31. The van der Waals surface area contributed by atoms with Crippen LogP contribution in [-0.4, -0.2) is 28.8 Å². The number of aryl methyl sites for hydroxylation is 2. The average Bonchev–Trinajstić information content (AvgIpc) is 2.86. The van der Waals surface area contributed by atoms with Gasteiger partial charge in [0.05, 0.1) is 5.60 Å². The Bertz CT molecular complexity index is 632. The van der Waals surface area contributed by atoms with Crippen molar-refractivity contribution in [2.24, 2.45) is 0 Å². The van der Waals surface area contributed by atoms with E-state index in [0.29, 0.717) is 24.7 Å². The van der Waals surface area contributed by atoms with Crippen molar-refractivity contribution in [3.05, 3.63) is 46.6 Å². The SMILES string of the molecule is Cc1ccc(Cc2noc(COC3(C)CNC3)n2)cc1C. The molecule has 21 heavy (non-hydrogen) atoms. The van der Waals surface area contributed by atoms with Gasteiger partial charge < -0.3 is 14.6 Å². The molecule has 1 aliphatic heterocycles. The molecule has 0 radical (unpaired) electrons. The average molecular weight is 287 g/mol. The van der Waals surface area contributed by atoms with Crippen molar-refractivity contribution in [1.82, 2.24) is 15.5 Å². The topological polar surface area (TPSA) is 60.2 Å². The van der Waals surface area contributed by atoms with Crippen molar-refractivity contribution in [1.29, 1.82) is 0 Å². The minimum absolute atomic E-state index is 0.0945. The van der Waals surface area contributed by atoms with Crippen molar-refractivity contribution in [2.75, 3.05) is 13.1 Å². The number of aromatic nitrogens is 2. The number of rotatable bonds is 5. The van der Waals surface area contributed by atoms with Gasteiger partial charge in [-0.15, -0.1) is 0 Å². The lowest BCUT2D eigenvalue weighted by atomic mass is 10.0. The molecule has 1 aromatic heterocycles. The summed E-state index contributed by atoms with van der Waals surface area (Å²) in [6, 6.07) is 6.40. The first-order chi connectivity index (χ1) is 10.0. The summed E-state index contributed by atoms with van der Waals surface area (Å²) < 4.78 is 11.0. The van der Waals surface area contributed by atoms with Crippen molar-refractivity contribution < 1.29 is 9.26 Å². The highest BCUT2D eigenvalue weighted by atomic mass is 16.5. The lowest BCUT2D eigenvalue weighted by Crippen LogP contribution is -2.58. The van der Waals surface area contributed by atoms with Crippen LogP contribution in [-0.2, 0) is 17.8 Å². The second-order valence-corrected chi connectivity index (χ2v) is 6.04. The van der Waals surface area contributed by atoms with E-state index in [-0.39, 0.29) is 5.60 Å². The summed E-state index contributed by atoms with van der Waals surface area (Å²) in [6.45, 7) is 8.42. The Balaban J connectivity index is 1.60. The number of benzene rings is 1. The zero-order valence-corrected chi connectivity index (χ0v) is 12.8. The first-order valence-corrected chi connectivity index (χ1v) is 7.26. The molecular weight excluding hydrogens is 266 g/mol. The fourth-order valence-electron chi connectivity index (χ4n) is 2.33. The third-order valence-corrected chi connectivity index (χ3v) is 3.99. The van der Waals surface area contributed by atoms with Crippen molar-refractivity contribution >= 4 is 0 Å². The van der Waals surface area contributed by atoms with Gasteiger partial charge >= 0.3 is 0 Å². The third kappa shape index (κ3) is 3.31. The smallest absolute Gasteiger partial charge is 0.252 e. The molecule has 0 spiro atoms. The Hall–Kier alpha value is -1.72. The minimum atomic E-state index is -0.0945. The molecule has 1 aromatic carbocycles. The molecule has 0 bridgehead atoms. The van der Waals surface area contributed by atoms with E-state index in [2.05, 4.69) is 54.4 Å². The third-order valence-electron chi connectivity index (χ3n) is 3.99. The molecule has 1 aliphatic rings. The van der Waals surface area contributed by atoms with E-state index in [1.165, 1.54) is 16.7 Å². The predicted molar refractivity (Wildman–Crippen MR) is 79.1 cm³/mol. The molecule has 0 amide bonds. The molecule has 2 aromatic rings. The molecule has 5 nitrogen and oxygen atoms in total. The Morgan fingerprint density at radius 1 is 1.29 bits per heavy atom. The monoisotopic (exact) mass is 287 g/mol. The van der Waals surface area contributed by atoms with Crippen LogP contribution in [0.3, 0.4) is 0 Å². The normalized spacial score (nSPS) is 16.7. The molecular formula is C16H21N3O2. The van der Waals surface area contributed by atoms with Gasteiger partial charge in [0.2, 0.25) is 0 Å². The first kappa shape index (κ1) is 14.2. The van der Waals surface area contributed by atoms with E-state index >= 15 is 0 Å². The first-order valence-electron chi connectivity index (χ1n) is 7.26. The second-order valence-electron chi connectivity index (χ2n) is 6.04. The summed E-state index contributed by atoms with van der Waals surface area (Å²) in [4.78, 5) is 4.40. The van der Waals surface area contributed by atoms with Gasteiger partial charge in [0.25, 0.3) is 5.89 Å². The van der Waals surface area contributed by atoms with Crippen LogP contribution in [0.25, 0.3) is 0 Å². The van der Waals surface area contributed by atoms with Crippen molar-refractivity contribution in [3.8, 4) is 0 Å².